The van der Waals surface area contributed by atoms with Crippen molar-refractivity contribution in [1.29, 1.82) is 0 Å². The lowest BCUT2D eigenvalue weighted by Crippen LogP contribution is -2.13. The molecule has 0 atom stereocenters. The maximum absolute atomic E-state index is 13.2. The molecule has 0 bridgehead atoms. The van der Waals surface area contributed by atoms with Crippen LogP contribution in [0.1, 0.15) is 42.9 Å². The molecule has 1 aromatic carbocycles. The van der Waals surface area contributed by atoms with Crippen LogP contribution in [0.2, 0.25) is 0 Å². The summed E-state index contributed by atoms with van der Waals surface area (Å²) < 4.78 is 44.9. The van der Waals surface area contributed by atoms with Crippen molar-refractivity contribution in [3.05, 3.63) is 41.5 Å². The maximum Gasteiger partial charge on any atom is 0.420 e. The molecule has 20 heavy (non-hydrogen) atoms. The van der Waals surface area contributed by atoms with Crippen LogP contribution < -0.4 is 4.74 Å². The third kappa shape index (κ3) is 4.29. The van der Waals surface area contributed by atoms with E-state index in [1.54, 1.807) is 12.1 Å². The lowest BCUT2D eigenvalue weighted by atomic mass is 9.97. The summed E-state index contributed by atoms with van der Waals surface area (Å²) in [5.74, 6) is -0.0654. The second-order valence-corrected chi connectivity index (χ2v) is 4.75. The minimum atomic E-state index is -4.39. The van der Waals surface area contributed by atoms with E-state index in [1.807, 2.05) is 6.92 Å². The number of allylic oxidation sites excluding steroid dienone is 1. The van der Waals surface area contributed by atoms with Gasteiger partial charge >= 0.3 is 6.18 Å². The molecular weight excluding hydrogens is 265 g/mol. The highest BCUT2D eigenvalue weighted by Crippen LogP contribution is 2.40. The largest absolute Gasteiger partial charge is 0.493 e. The summed E-state index contributed by atoms with van der Waals surface area (Å²) in [6.07, 6.45) is 0.290. The molecule has 0 unspecified atom stereocenters. The van der Waals surface area contributed by atoms with E-state index in [0.717, 1.165) is 18.4 Å². The Morgan fingerprint density at radius 2 is 2.00 bits per heavy atom. The van der Waals surface area contributed by atoms with Gasteiger partial charge in [-0.1, -0.05) is 19.1 Å². The smallest absolute Gasteiger partial charge is 0.420 e. The zero-order valence-electron chi connectivity index (χ0n) is 12.0. The molecule has 1 aromatic rings. The summed E-state index contributed by atoms with van der Waals surface area (Å²) in [5, 5.41) is 0. The van der Waals surface area contributed by atoms with Crippen LogP contribution in [-0.4, -0.2) is 6.61 Å². The van der Waals surface area contributed by atoms with Gasteiger partial charge < -0.3 is 4.74 Å². The first-order chi connectivity index (χ1) is 9.41. The molecule has 0 radical (unpaired) electrons. The number of hydrogen-bond donors (Lipinski definition) is 0. The van der Waals surface area contributed by atoms with Crippen LogP contribution in [0.5, 0.6) is 5.75 Å². The van der Waals surface area contributed by atoms with E-state index in [2.05, 4.69) is 6.58 Å². The Morgan fingerprint density at radius 1 is 1.30 bits per heavy atom. The van der Waals surface area contributed by atoms with E-state index < -0.39 is 11.7 Å². The van der Waals surface area contributed by atoms with Crippen molar-refractivity contribution in [3.63, 3.8) is 0 Å². The molecule has 0 aromatic heterocycles. The summed E-state index contributed by atoms with van der Waals surface area (Å²) >= 11 is 0. The fraction of sp³-hybridized carbons (Fsp3) is 0.500. The molecule has 0 aliphatic rings. The van der Waals surface area contributed by atoms with Gasteiger partial charge in [0.1, 0.15) is 11.3 Å². The van der Waals surface area contributed by atoms with Crippen molar-refractivity contribution in [2.75, 3.05) is 6.61 Å². The van der Waals surface area contributed by atoms with Crippen LogP contribution in [0.25, 0.3) is 0 Å². The third-order valence-electron chi connectivity index (χ3n) is 3.14. The van der Waals surface area contributed by atoms with Gasteiger partial charge in [0.2, 0.25) is 0 Å². The Bertz CT molecular complexity index is 450. The Labute approximate surface area is 118 Å². The van der Waals surface area contributed by atoms with Crippen molar-refractivity contribution in [2.45, 2.75) is 45.7 Å². The fourth-order valence-electron chi connectivity index (χ4n) is 2.12. The van der Waals surface area contributed by atoms with Gasteiger partial charge in [-0.2, -0.15) is 13.2 Å². The summed E-state index contributed by atoms with van der Waals surface area (Å²) in [7, 11) is 0. The molecular formula is C16H21F3O. The molecule has 4 heteroatoms. The first-order valence-electron chi connectivity index (χ1n) is 6.85. The van der Waals surface area contributed by atoms with E-state index >= 15 is 0 Å². The van der Waals surface area contributed by atoms with E-state index in [0.29, 0.717) is 19.4 Å². The normalized spacial score (nSPS) is 11.4. The topological polar surface area (TPSA) is 9.23 Å². The average Bonchev–Trinajstić information content (AvgIpc) is 2.37. The predicted molar refractivity (Wildman–Crippen MR) is 75.1 cm³/mol. The Hall–Kier alpha value is -1.45. The van der Waals surface area contributed by atoms with Gasteiger partial charge in [0.25, 0.3) is 0 Å². The number of alkyl halides is 3. The monoisotopic (exact) mass is 286 g/mol. The predicted octanol–water partition coefficient (Wildman–Crippen LogP) is 5.31. The summed E-state index contributed by atoms with van der Waals surface area (Å²) in [6.45, 7) is 7.29. The molecule has 0 amide bonds. The number of halogens is 3. The molecule has 0 aliphatic heterocycles. The number of unbranched alkanes of at least 4 members (excludes halogenated alkanes) is 1. The molecule has 0 spiro atoms. The lowest BCUT2D eigenvalue weighted by molar-refractivity contribution is -0.139. The quantitative estimate of drug-likeness (QED) is 0.487. The van der Waals surface area contributed by atoms with Gasteiger partial charge in [0.15, 0.2) is 0 Å². The highest BCUT2D eigenvalue weighted by molar-refractivity contribution is 5.46. The standard InChI is InChI=1S/C16H21F3O/c1-4-6-7-8-13-9-10-14(20-11-5-2)15(12(13)3)16(17,18)19/h4,9-10H,1,5-8,11H2,2-3H3. The molecule has 0 N–H and O–H groups in total. The van der Waals surface area contributed by atoms with Crippen LogP contribution in [0.15, 0.2) is 24.8 Å². The van der Waals surface area contributed by atoms with E-state index in [1.165, 1.54) is 13.0 Å². The summed E-state index contributed by atoms with van der Waals surface area (Å²) in [6, 6.07) is 3.17. The van der Waals surface area contributed by atoms with Crippen molar-refractivity contribution in [2.24, 2.45) is 0 Å². The maximum atomic E-state index is 13.2. The van der Waals surface area contributed by atoms with Crippen molar-refractivity contribution < 1.29 is 17.9 Å². The first kappa shape index (κ1) is 16.6. The van der Waals surface area contributed by atoms with Crippen molar-refractivity contribution >= 4 is 0 Å². The molecule has 112 valence electrons. The van der Waals surface area contributed by atoms with E-state index in [-0.39, 0.29) is 11.3 Å². The Kier molecular flexibility index (Phi) is 6.11. The van der Waals surface area contributed by atoms with Gasteiger partial charge in [-0.05, 0) is 49.8 Å². The molecule has 0 saturated heterocycles. The lowest BCUT2D eigenvalue weighted by Gasteiger charge is -2.18. The van der Waals surface area contributed by atoms with E-state index in [9.17, 15) is 13.2 Å². The molecule has 1 rings (SSSR count). The minimum absolute atomic E-state index is 0.0654. The highest BCUT2D eigenvalue weighted by Gasteiger charge is 2.36. The second-order valence-electron chi connectivity index (χ2n) is 4.75. The van der Waals surface area contributed by atoms with Crippen LogP contribution in [-0.2, 0) is 12.6 Å². The van der Waals surface area contributed by atoms with Crippen molar-refractivity contribution in [1.82, 2.24) is 0 Å². The van der Waals surface area contributed by atoms with Crippen LogP contribution in [0, 0.1) is 6.92 Å². The molecule has 0 saturated carbocycles. The highest BCUT2D eigenvalue weighted by atomic mass is 19.4. The average molecular weight is 286 g/mol. The Morgan fingerprint density at radius 3 is 2.55 bits per heavy atom. The number of benzene rings is 1. The number of ether oxygens (including phenoxy) is 1. The Balaban J connectivity index is 3.10. The van der Waals surface area contributed by atoms with Crippen LogP contribution in [0.4, 0.5) is 13.2 Å². The second kappa shape index (κ2) is 7.36. The molecule has 0 heterocycles. The molecule has 1 nitrogen and oxygen atoms in total. The SMILES string of the molecule is C=CCCCc1ccc(OCCC)c(C(F)(F)F)c1C. The van der Waals surface area contributed by atoms with Gasteiger partial charge in [-0.25, -0.2) is 0 Å². The number of rotatable bonds is 7. The van der Waals surface area contributed by atoms with Gasteiger partial charge in [0.05, 0.1) is 6.61 Å². The summed E-state index contributed by atoms with van der Waals surface area (Å²) in [4.78, 5) is 0. The molecule has 0 fully saturated rings. The zero-order chi connectivity index (χ0) is 15.2. The van der Waals surface area contributed by atoms with Gasteiger partial charge in [0, 0.05) is 0 Å². The third-order valence-corrected chi connectivity index (χ3v) is 3.14. The van der Waals surface area contributed by atoms with E-state index in [4.69, 9.17) is 4.74 Å². The van der Waals surface area contributed by atoms with Gasteiger partial charge in [-0.3, -0.25) is 0 Å². The first-order valence-corrected chi connectivity index (χ1v) is 6.85. The van der Waals surface area contributed by atoms with Gasteiger partial charge in [-0.15, -0.1) is 6.58 Å². The van der Waals surface area contributed by atoms with Crippen molar-refractivity contribution in [3.8, 4) is 5.75 Å². The zero-order valence-corrected chi connectivity index (χ0v) is 12.0. The number of aryl methyl sites for hydroxylation is 1. The minimum Gasteiger partial charge on any atom is -0.493 e. The summed E-state index contributed by atoms with van der Waals surface area (Å²) in [5.41, 5.74) is 0.361. The molecule has 0 aliphatic carbocycles. The number of hydrogen-bond acceptors (Lipinski definition) is 1. The van der Waals surface area contributed by atoms with Crippen LogP contribution in [0.3, 0.4) is 0 Å². The fourth-order valence-corrected chi connectivity index (χ4v) is 2.12. The van der Waals surface area contributed by atoms with Crippen LogP contribution >= 0.6 is 0 Å².